The van der Waals surface area contributed by atoms with Gasteiger partial charge in [-0.3, -0.25) is 8.86 Å². The molecular weight excluding hydrogens is 324 g/mol. The zero-order valence-electron chi connectivity index (χ0n) is 12.9. The number of aromatic nitrogens is 3. The Bertz CT molecular complexity index is 631. The van der Waals surface area contributed by atoms with E-state index < -0.39 is 22.3 Å². The van der Waals surface area contributed by atoms with E-state index in [1.54, 1.807) is 17.1 Å². The van der Waals surface area contributed by atoms with Crippen LogP contribution in [0.5, 0.6) is 0 Å². The highest BCUT2D eigenvalue weighted by atomic mass is 32.2. The number of carbonyl (C=O) groups is 1. The summed E-state index contributed by atoms with van der Waals surface area (Å²) in [5.74, 6) is 0. The summed E-state index contributed by atoms with van der Waals surface area (Å²) >= 11 is 0. The maximum Gasteiger partial charge on any atom is 0.410 e. The van der Waals surface area contributed by atoms with Gasteiger partial charge < -0.3 is 9.64 Å². The van der Waals surface area contributed by atoms with E-state index in [-0.39, 0.29) is 19.2 Å². The molecule has 23 heavy (non-hydrogen) atoms. The van der Waals surface area contributed by atoms with Crippen LogP contribution in [-0.4, -0.2) is 66.0 Å². The first-order chi connectivity index (χ1) is 10.9. The van der Waals surface area contributed by atoms with Crippen LogP contribution < -0.4 is 0 Å². The molecule has 0 aromatic carbocycles. The van der Waals surface area contributed by atoms with E-state index in [2.05, 4.69) is 16.9 Å². The maximum absolute atomic E-state index is 12.1. The summed E-state index contributed by atoms with van der Waals surface area (Å²) in [6.45, 7) is 4.32. The van der Waals surface area contributed by atoms with E-state index in [9.17, 15) is 13.2 Å². The summed E-state index contributed by atoms with van der Waals surface area (Å²) in [6.07, 6.45) is 5.70. The fourth-order valence-corrected chi connectivity index (χ4v) is 3.17. The van der Waals surface area contributed by atoms with Crippen molar-refractivity contribution in [2.45, 2.75) is 31.5 Å². The molecular formula is C13H20N4O5S. The number of hydrogen-bond acceptors (Lipinski definition) is 7. The van der Waals surface area contributed by atoms with Crippen molar-refractivity contribution >= 4 is 16.2 Å². The molecule has 0 spiro atoms. The molecule has 0 bridgehead atoms. The second-order valence-corrected chi connectivity index (χ2v) is 6.89. The van der Waals surface area contributed by atoms with Gasteiger partial charge in [0.2, 0.25) is 0 Å². The zero-order chi connectivity index (χ0) is 16.9. The van der Waals surface area contributed by atoms with Gasteiger partial charge in [0.05, 0.1) is 25.1 Å². The van der Waals surface area contributed by atoms with Crippen molar-refractivity contribution in [2.24, 2.45) is 0 Å². The van der Waals surface area contributed by atoms with Crippen molar-refractivity contribution in [3.8, 4) is 0 Å². The smallest absolute Gasteiger partial charge is 0.410 e. The minimum Gasteiger partial charge on any atom is -0.445 e. The molecule has 2 heterocycles. The number of nitrogens with zero attached hydrogens (tertiary/aromatic N) is 4. The molecule has 1 aromatic rings. The molecule has 1 aromatic heterocycles. The van der Waals surface area contributed by atoms with Gasteiger partial charge in [0.25, 0.3) is 10.1 Å². The lowest BCUT2D eigenvalue weighted by Crippen LogP contribution is -2.37. The number of ether oxygens (including phenoxy) is 1. The lowest BCUT2D eigenvalue weighted by molar-refractivity contribution is 0.102. The Morgan fingerprint density at radius 2 is 2.30 bits per heavy atom. The molecule has 0 radical (unpaired) electrons. The molecule has 1 aliphatic heterocycles. The van der Waals surface area contributed by atoms with Crippen LogP contribution in [0, 0.1) is 0 Å². The summed E-state index contributed by atoms with van der Waals surface area (Å²) < 4.78 is 34.3. The molecule has 128 valence electrons. The summed E-state index contributed by atoms with van der Waals surface area (Å²) in [4.78, 5) is 13.6. The Labute approximate surface area is 135 Å². The van der Waals surface area contributed by atoms with Gasteiger partial charge in [-0.25, -0.2) is 4.79 Å². The average molecular weight is 344 g/mol. The Morgan fingerprint density at radius 1 is 1.52 bits per heavy atom. The van der Waals surface area contributed by atoms with Crippen molar-refractivity contribution in [2.75, 3.05) is 19.4 Å². The van der Waals surface area contributed by atoms with Gasteiger partial charge in [-0.05, 0) is 12.8 Å². The number of aryl methyl sites for hydroxylation is 1. The van der Waals surface area contributed by atoms with Gasteiger partial charge >= 0.3 is 6.09 Å². The van der Waals surface area contributed by atoms with Crippen LogP contribution in [0.25, 0.3) is 0 Å². The SMILES string of the molecule is C=CCOC(=O)N1C[C@H](OS(C)(=O)=O)C[C@H]1CCn1ccnn1. The molecule has 9 nitrogen and oxygen atoms in total. The second-order valence-electron chi connectivity index (χ2n) is 5.28. The number of likely N-dealkylation sites (tertiary alicyclic amines) is 1. The minimum absolute atomic E-state index is 0.0999. The molecule has 1 amide bonds. The van der Waals surface area contributed by atoms with E-state index in [1.165, 1.54) is 11.0 Å². The van der Waals surface area contributed by atoms with Crippen LogP contribution in [0.2, 0.25) is 0 Å². The predicted molar refractivity (Wildman–Crippen MR) is 81.0 cm³/mol. The molecule has 0 unspecified atom stereocenters. The lowest BCUT2D eigenvalue weighted by atomic mass is 10.1. The predicted octanol–water partition coefficient (Wildman–Crippen LogP) is 0.410. The van der Waals surface area contributed by atoms with Gasteiger partial charge in [0, 0.05) is 18.8 Å². The Hall–Kier alpha value is -1.94. The molecule has 0 N–H and O–H groups in total. The molecule has 1 saturated heterocycles. The number of amides is 1. The normalized spacial score (nSPS) is 21.3. The highest BCUT2D eigenvalue weighted by Crippen LogP contribution is 2.25. The first-order valence-electron chi connectivity index (χ1n) is 7.15. The first-order valence-corrected chi connectivity index (χ1v) is 8.97. The third-order valence-electron chi connectivity index (χ3n) is 3.41. The fraction of sp³-hybridized carbons (Fsp3) is 0.615. The van der Waals surface area contributed by atoms with Crippen molar-refractivity contribution in [1.29, 1.82) is 0 Å². The molecule has 10 heteroatoms. The molecule has 1 aliphatic rings. The molecule has 0 aliphatic carbocycles. The molecule has 2 rings (SSSR count). The lowest BCUT2D eigenvalue weighted by Gasteiger charge is -2.23. The molecule has 2 atom stereocenters. The average Bonchev–Trinajstić information content (AvgIpc) is 3.10. The van der Waals surface area contributed by atoms with Crippen LogP contribution in [0.3, 0.4) is 0 Å². The number of rotatable bonds is 7. The third-order valence-corrected chi connectivity index (χ3v) is 4.03. The van der Waals surface area contributed by atoms with Gasteiger partial charge in [0.15, 0.2) is 0 Å². The highest BCUT2D eigenvalue weighted by Gasteiger charge is 2.38. The summed E-state index contributed by atoms with van der Waals surface area (Å²) in [6, 6.07) is -0.191. The largest absolute Gasteiger partial charge is 0.445 e. The summed E-state index contributed by atoms with van der Waals surface area (Å²) in [5.41, 5.74) is 0. The topological polar surface area (TPSA) is 104 Å². The Morgan fingerprint density at radius 3 is 2.91 bits per heavy atom. The van der Waals surface area contributed by atoms with Gasteiger partial charge in [0.1, 0.15) is 6.61 Å². The van der Waals surface area contributed by atoms with E-state index >= 15 is 0 Å². The van der Waals surface area contributed by atoms with Gasteiger partial charge in [-0.2, -0.15) is 8.42 Å². The van der Waals surface area contributed by atoms with E-state index in [0.29, 0.717) is 19.4 Å². The van der Waals surface area contributed by atoms with Gasteiger partial charge in [-0.15, -0.1) is 5.10 Å². The Kier molecular flexibility index (Phi) is 5.72. The fourth-order valence-electron chi connectivity index (χ4n) is 2.53. The number of carbonyl (C=O) groups excluding carboxylic acids is 1. The van der Waals surface area contributed by atoms with E-state index in [1.807, 2.05) is 0 Å². The third kappa shape index (κ3) is 5.32. The highest BCUT2D eigenvalue weighted by molar-refractivity contribution is 7.86. The Balaban J connectivity index is 2.00. The summed E-state index contributed by atoms with van der Waals surface area (Å²) in [5, 5.41) is 7.58. The van der Waals surface area contributed by atoms with Crippen LogP contribution in [0.4, 0.5) is 4.79 Å². The number of hydrogen-bond donors (Lipinski definition) is 0. The quantitative estimate of drug-likeness (QED) is 0.521. The minimum atomic E-state index is -3.58. The van der Waals surface area contributed by atoms with Crippen molar-refractivity contribution in [3.63, 3.8) is 0 Å². The first kappa shape index (κ1) is 17.4. The van der Waals surface area contributed by atoms with Crippen LogP contribution >= 0.6 is 0 Å². The van der Waals surface area contributed by atoms with Crippen molar-refractivity contribution in [3.05, 3.63) is 25.0 Å². The van der Waals surface area contributed by atoms with Crippen molar-refractivity contribution in [1.82, 2.24) is 19.9 Å². The molecule has 0 saturated carbocycles. The van der Waals surface area contributed by atoms with E-state index in [0.717, 1.165) is 6.26 Å². The zero-order valence-corrected chi connectivity index (χ0v) is 13.7. The van der Waals surface area contributed by atoms with Gasteiger partial charge in [-0.1, -0.05) is 17.9 Å². The standard InChI is InChI=1S/C13H20N4O5S/c1-3-8-21-13(18)17-10-12(22-23(2,19)20)9-11(17)4-6-16-7-5-14-15-16/h3,5,7,11-12H,1,4,6,8-10H2,2H3/t11-,12-/m1/s1. The molecule has 1 fully saturated rings. The van der Waals surface area contributed by atoms with E-state index in [4.69, 9.17) is 8.92 Å². The van der Waals surface area contributed by atoms with Crippen LogP contribution in [0.15, 0.2) is 25.0 Å². The monoisotopic (exact) mass is 344 g/mol. The maximum atomic E-state index is 12.1. The van der Waals surface area contributed by atoms with Crippen LogP contribution in [-0.2, 0) is 25.6 Å². The second kappa shape index (κ2) is 7.55. The van der Waals surface area contributed by atoms with Crippen LogP contribution in [0.1, 0.15) is 12.8 Å². The van der Waals surface area contributed by atoms with Crippen molar-refractivity contribution < 1.29 is 22.1 Å². The summed E-state index contributed by atoms with van der Waals surface area (Å²) in [7, 11) is -3.58.